The number of nitrogens with zero attached hydrogens (tertiary/aromatic N) is 4. The first-order valence-electron chi connectivity index (χ1n) is 11.6. The largest absolute Gasteiger partial charge is 0.355 e. The third-order valence-corrected chi connectivity index (χ3v) is 6.94. The molecule has 3 heterocycles. The Kier molecular flexibility index (Phi) is 6.71. The van der Waals surface area contributed by atoms with E-state index < -0.39 is 0 Å². The zero-order chi connectivity index (χ0) is 22.6. The average molecular weight is 465 g/mol. The molecule has 1 aromatic carbocycles. The number of aryl methyl sites for hydroxylation is 3. The van der Waals surface area contributed by atoms with Gasteiger partial charge in [0.25, 0.3) is 0 Å². The number of pyridine rings is 1. The molecule has 0 bridgehead atoms. The predicted octanol–water partition coefficient (Wildman–Crippen LogP) is 2.60. The van der Waals surface area contributed by atoms with Gasteiger partial charge in [0.1, 0.15) is 0 Å². The number of nitrogens with one attached hydrogen (secondary N) is 2. The average Bonchev–Trinajstić information content (AvgIpc) is 3.30. The van der Waals surface area contributed by atoms with Gasteiger partial charge < -0.3 is 15.2 Å². The Morgan fingerprint density at radius 1 is 1.18 bits per heavy atom. The topological polar surface area (TPSA) is 75.1 Å². The number of piperazine rings is 1. The zero-order valence-corrected chi connectivity index (χ0v) is 19.3. The van der Waals surface area contributed by atoms with Crippen LogP contribution in [0.4, 0.5) is 0 Å². The summed E-state index contributed by atoms with van der Waals surface area (Å²) in [5, 5.41) is 7.27. The molecule has 33 heavy (non-hydrogen) atoms. The summed E-state index contributed by atoms with van der Waals surface area (Å²) in [6, 6.07) is 10.0. The molecule has 0 saturated carbocycles. The lowest BCUT2D eigenvalue weighted by Gasteiger charge is -2.39. The number of halogens is 1. The lowest BCUT2D eigenvalue weighted by atomic mass is 9.95. The minimum atomic E-state index is -0.270. The minimum absolute atomic E-state index is 0.0413. The lowest BCUT2D eigenvalue weighted by Crippen LogP contribution is -2.58. The molecule has 1 aliphatic carbocycles. The van der Waals surface area contributed by atoms with Gasteiger partial charge in [-0.3, -0.25) is 14.7 Å². The molecule has 5 rings (SSSR count). The van der Waals surface area contributed by atoms with Crippen molar-refractivity contribution in [2.24, 2.45) is 0 Å². The molecular weight excluding hydrogens is 436 g/mol. The molecule has 0 unspecified atom stereocenters. The second-order valence-electron chi connectivity index (χ2n) is 8.71. The van der Waals surface area contributed by atoms with Crippen molar-refractivity contribution in [1.29, 1.82) is 0 Å². The molecule has 2 atom stereocenters. The number of carbonyl (C=O) groups excluding carboxylic acids is 1. The Labute approximate surface area is 199 Å². The molecule has 1 fully saturated rings. The molecule has 3 aromatic rings. The second-order valence-corrected chi connectivity index (χ2v) is 9.12. The van der Waals surface area contributed by atoms with Gasteiger partial charge in [0.05, 0.1) is 24.1 Å². The van der Waals surface area contributed by atoms with E-state index in [0.717, 1.165) is 55.2 Å². The fraction of sp³-hybridized carbons (Fsp3) is 0.400. The van der Waals surface area contributed by atoms with Crippen molar-refractivity contribution in [2.75, 3.05) is 26.2 Å². The molecular formula is C25H29ClN6O. The highest BCUT2D eigenvalue weighted by molar-refractivity contribution is 6.31. The monoisotopic (exact) mass is 464 g/mol. The van der Waals surface area contributed by atoms with E-state index in [1.54, 1.807) is 12.5 Å². The van der Waals surface area contributed by atoms with Gasteiger partial charge in [-0.2, -0.15) is 0 Å². The Hall–Kier alpha value is -2.74. The van der Waals surface area contributed by atoms with E-state index in [4.69, 9.17) is 16.6 Å². The SMILES string of the molecule is O=C(NCCCn1ccnc1)[C@H]1CN([C@H]2c3ncccc3CCc3cccc(Cl)c32)CCN1. The number of fused-ring (bicyclic) bond motifs is 2. The first-order valence-corrected chi connectivity index (χ1v) is 12.0. The van der Waals surface area contributed by atoms with Crippen LogP contribution in [0.25, 0.3) is 0 Å². The van der Waals surface area contributed by atoms with Crippen LogP contribution in [0.2, 0.25) is 5.02 Å². The number of imidazole rings is 1. The van der Waals surface area contributed by atoms with Gasteiger partial charge in [0.15, 0.2) is 0 Å². The molecule has 8 heteroatoms. The van der Waals surface area contributed by atoms with Crippen LogP contribution in [0.15, 0.2) is 55.2 Å². The third kappa shape index (κ3) is 4.81. The second kappa shape index (κ2) is 10.0. The van der Waals surface area contributed by atoms with Crippen LogP contribution >= 0.6 is 11.6 Å². The highest BCUT2D eigenvalue weighted by Crippen LogP contribution is 2.39. The Bertz CT molecular complexity index is 1100. The standard InChI is InChI=1S/C25H29ClN6O/c26-20-6-1-4-18-7-8-19-5-2-9-29-23(19)24(22(18)20)32-15-12-28-21(16-32)25(33)30-10-3-13-31-14-11-27-17-31/h1-2,4-6,9,11,14,17,21,24,28H,3,7-8,10,12-13,15-16H2,(H,30,33)/t21-,24-/m1/s1. The molecule has 1 amide bonds. The number of benzene rings is 1. The maximum atomic E-state index is 13.0. The molecule has 2 N–H and O–H groups in total. The van der Waals surface area contributed by atoms with Crippen molar-refractivity contribution >= 4 is 17.5 Å². The van der Waals surface area contributed by atoms with E-state index in [1.165, 1.54) is 11.1 Å². The van der Waals surface area contributed by atoms with Gasteiger partial charge in [-0.15, -0.1) is 0 Å². The highest BCUT2D eigenvalue weighted by Gasteiger charge is 2.35. The van der Waals surface area contributed by atoms with Crippen molar-refractivity contribution in [2.45, 2.75) is 37.9 Å². The summed E-state index contributed by atoms with van der Waals surface area (Å²) in [7, 11) is 0. The summed E-state index contributed by atoms with van der Waals surface area (Å²) in [6.07, 6.45) is 10.1. The summed E-state index contributed by atoms with van der Waals surface area (Å²) < 4.78 is 2.02. The van der Waals surface area contributed by atoms with E-state index in [-0.39, 0.29) is 18.0 Å². The number of amides is 1. The van der Waals surface area contributed by atoms with Crippen LogP contribution in [0.5, 0.6) is 0 Å². The van der Waals surface area contributed by atoms with Crippen molar-refractivity contribution in [1.82, 2.24) is 30.1 Å². The van der Waals surface area contributed by atoms with Gasteiger partial charge in [-0.25, -0.2) is 4.98 Å². The first kappa shape index (κ1) is 22.1. The summed E-state index contributed by atoms with van der Waals surface area (Å²) >= 11 is 6.77. The Balaban J connectivity index is 1.32. The van der Waals surface area contributed by atoms with E-state index in [0.29, 0.717) is 13.1 Å². The fourth-order valence-electron chi connectivity index (χ4n) is 4.97. The van der Waals surface area contributed by atoms with E-state index >= 15 is 0 Å². The number of carbonyl (C=O) groups is 1. The van der Waals surface area contributed by atoms with Crippen LogP contribution in [0.3, 0.4) is 0 Å². The number of aromatic nitrogens is 3. The maximum Gasteiger partial charge on any atom is 0.238 e. The third-order valence-electron chi connectivity index (χ3n) is 6.61. The van der Waals surface area contributed by atoms with Crippen molar-refractivity contribution in [3.05, 3.63) is 82.7 Å². The van der Waals surface area contributed by atoms with Gasteiger partial charge in [0, 0.05) is 56.3 Å². The maximum absolute atomic E-state index is 13.0. The Morgan fingerprint density at radius 2 is 2.06 bits per heavy atom. The number of rotatable bonds is 6. The van der Waals surface area contributed by atoms with Crippen LogP contribution in [-0.4, -0.2) is 57.6 Å². The van der Waals surface area contributed by atoms with Crippen molar-refractivity contribution in [3.63, 3.8) is 0 Å². The van der Waals surface area contributed by atoms with Gasteiger partial charge in [0.2, 0.25) is 5.91 Å². The smallest absolute Gasteiger partial charge is 0.238 e. The van der Waals surface area contributed by atoms with Gasteiger partial charge in [-0.05, 0) is 48.1 Å². The number of hydrogen-bond acceptors (Lipinski definition) is 5. The number of hydrogen-bond donors (Lipinski definition) is 2. The molecule has 1 aliphatic heterocycles. The van der Waals surface area contributed by atoms with Crippen LogP contribution in [0.1, 0.15) is 34.8 Å². The molecule has 1 saturated heterocycles. The molecule has 2 aromatic heterocycles. The summed E-state index contributed by atoms with van der Waals surface area (Å²) in [5.41, 5.74) is 4.72. The molecule has 7 nitrogen and oxygen atoms in total. The molecule has 2 aliphatic rings. The van der Waals surface area contributed by atoms with E-state index in [1.807, 2.05) is 35.2 Å². The lowest BCUT2D eigenvalue weighted by molar-refractivity contribution is -0.124. The quantitative estimate of drug-likeness (QED) is 0.548. The van der Waals surface area contributed by atoms with Crippen molar-refractivity contribution < 1.29 is 4.79 Å². The van der Waals surface area contributed by atoms with Crippen LogP contribution in [-0.2, 0) is 24.2 Å². The van der Waals surface area contributed by atoms with Gasteiger partial charge in [-0.1, -0.05) is 29.8 Å². The van der Waals surface area contributed by atoms with E-state index in [9.17, 15) is 4.79 Å². The summed E-state index contributed by atoms with van der Waals surface area (Å²) in [6.45, 7) is 3.65. The summed E-state index contributed by atoms with van der Waals surface area (Å²) in [5.74, 6) is 0.0413. The predicted molar refractivity (Wildman–Crippen MR) is 128 cm³/mol. The molecule has 172 valence electrons. The molecule has 0 spiro atoms. The van der Waals surface area contributed by atoms with Crippen molar-refractivity contribution in [3.8, 4) is 0 Å². The normalized spacial score (nSPS) is 20.5. The first-order chi connectivity index (χ1) is 16.2. The highest BCUT2D eigenvalue weighted by atomic mass is 35.5. The fourth-order valence-corrected chi connectivity index (χ4v) is 5.27. The Morgan fingerprint density at radius 3 is 2.94 bits per heavy atom. The van der Waals surface area contributed by atoms with Crippen LogP contribution < -0.4 is 10.6 Å². The van der Waals surface area contributed by atoms with Crippen LogP contribution in [0, 0.1) is 0 Å². The summed E-state index contributed by atoms with van der Waals surface area (Å²) in [4.78, 5) is 24.2. The molecule has 0 radical (unpaired) electrons. The van der Waals surface area contributed by atoms with E-state index in [2.05, 4.69) is 32.7 Å². The zero-order valence-electron chi connectivity index (χ0n) is 18.6. The minimum Gasteiger partial charge on any atom is -0.355 e. The van der Waals surface area contributed by atoms with Gasteiger partial charge >= 0.3 is 0 Å².